The smallest absolute Gasteiger partial charge is 0.0408 e. The zero-order valence-electron chi connectivity index (χ0n) is 11.5. The van der Waals surface area contributed by atoms with Gasteiger partial charge in [-0.25, -0.2) is 0 Å². The molecule has 1 heteroatoms. The minimum Gasteiger partial charge on any atom is -0.308 e. The van der Waals surface area contributed by atoms with E-state index in [0.717, 1.165) is 5.92 Å². The van der Waals surface area contributed by atoms with E-state index in [4.69, 9.17) is 0 Å². The molecule has 1 saturated heterocycles. The van der Waals surface area contributed by atoms with Crippen LogP contribution in [0, 0.1) is 0 Å². The Balaban J connectivity index is 1.93. The first-order valence-corrected chi connectivity index (χ1v) is 7.64. The molecule has 98 valence electrons. The van der Waals surface area contributed by atoms with Gasteiger partial charge in [-0.3, -0.25) is 0 Å². The van der Waals surface area contributed by atoms with Crippen molar-refractivity contribution in [2.45, 2.75) is 63.3 Å². The fraction of sp³-hybridized carbons (Fsp3) is 0.647. The highest BCUT2D eigenvalue weighted by Gasteiger charge is 2.32. The summed E-state index contributed by atoms with van der Waals surface area (Å²) in [4.78, 5) is 0. The van der Waals surface area contributed by atoms with E-state index >= 15 is 0 Å². The maximum Gasteiger partial charge on any atom is 0.0408 e. The predicted octanol–water partition coefficient (Wildman–Crippen LogP) is 4.33. The first kappa shape index (κ1) is 12.2. The Bertz CT molecular complexity index is 398. The molecule has 1 N–H and O–H groups in total. The standard InChI is InChI=1S/C17H25N/c1-17(12-5-2-6-13-18-17)16-11-4-3-10-15(16)14-8-7-9-14/h3-4,10-11,14,18H,2,5-9,12-13H2,1H3. The molecule has 1 atom stereocenters. The van der Waals surface area contributed by atoms with Gasteiger partial charge in [-0.1, -0.05) is 43.5 Å². The minimum atomic E-state index is 0.211. The predicted molar refractivity (Wildman–Crippen MR) is 76.9 cm³/mol. The summed E-state index contributed by atoms with van der Waals surface area (Å²) in [5.41, 5.74) is 3.42. The molecule has 0 aromatic heterocycles. The lowest BCUT2D eigenvalue weighted by Crippen LogP contribution is -2.40. The van der Waals surface area contributed by atoms with Crippen LogP contribution in [-0.2, 0) is 5.54 Å². The van der Waals surface area contributed by atoms with E-state index in [0.29, 0.717) is 0 Å². The minimum absolute atomic E-state index is 0.211. The normalized spacial score (nSPS) is 29.6. The second-order valence-electron chi connectivity index (χ2n) is 6.28. The van der Waals surface area contributed by atoms with Crippen LogP contribution in [0.25, 0.3) is 0 Å². The van der Waals surface area contributed by atoms with E-state index in [1.165, 1.54) is 51.5 Å². The van der Waals surface area contributed by atoms with Crippen LogP contribution in [0.2, 0.25) is 0 Å². The van der Waals surface area contributed by atoms with Crippen molar-refractivity contribution in [3.05, 3.63) is 35.4 Å². The highest BCUT2D eigenvalue weighted by Crippen LogP contribution is 2.42. The van der Waals surface area contributed by atoms with Gasteiger partial charge in [0, 0.05) is 5.54 Å². The van der Waals surface area contributed by atoms with Crippen LogP contribution < -0.4 is 5.32 Å². The molecule has 1 unspecified atom stereocenters. The average molecular weight is 243 g/mol. The van der Waals surface area contributed by atoms with Crippen LogP contribution in [0.1, 0.15) is 68.9 Å². The third-order valence-electron chi connectivity index (χ3n) is 4.97. The monoisotopic (exact) mass is 243 g/mol. The van der Waals surface area contributed by atoms with Crippen LogP contribution in [0.4, 0.5) is 0 Å². The zero-order chi connectivity index (χ0) is 12.4. The molecule has 1 saturated carbocycles. The van der Waals surface area contributed by atoms with Gasteiger partial charge in [0.2, 0.25) is 0 Å². The summed E-state index contributed by atoms with van der Waals surface area (Å²) in [6.07, 6.45) is 9.58. The Labute approximate surface area is 111 Å². The van der Waals surface area contributed by atoms with Gasteiger partial charge < -0.3 is 5.32 Å². The van der Waals surface area contributed by atoms with Crippen LogP contribution >= 0.6 is 0 Å². The van der Waals surface area contributed by atoms with Gasteiger partial charge >= 0.3 is 0 Å². The second kappa shape index (κ2) is 5.05. The zero-order valence-corrected chi connectivity index (χ0v) is 11.5. The third kappa shape index (κ3) is 2.21. The van der Waals surface area contributed by atoms with Crippen molar-refractivity contribution >= 4 is 0 Å². The molecule has 1 aromatic carbocycles. The van der Waals surface area contributed by atoms with Crippen molar-refractivity contribution < 1.29 is 0 Å². The van der Waals surface area contributed by atoms with Crippen molar-refractivity contribution in [1.29, 1.82) is 0 Å². The molecule has 0 amide bonds. The summed E-state index contributed by atoms with van der Waals surface area (Å²) >= 11 is 0. The maximum absolute atomic E-state index is 3.82. The largest absolute Gasteiger partial charge is 0.308 e. The van der Waals surface area contributed by atoms with Crippen molar-refractivity contribution in [3.8, 4) is 0 Å². The number of rotatable bonds is 2. The molecule has 1 heterocycles. The molecule has 3 rings (SSSR count). The molecule has 1 aliphatic carbocycles. The summed E-state index contributed by atoms with van der Waals surface area (Å²) in [6, 6.07) is 9.18. The van der Waals surface area contributed by atoms with E-state index in [2.05, 4.69) is 36.5 Å². The van der Waals surface area contributed by atoms with Crippen molar-refractivity contribution in [2.24, 2.45) is 0 Å². The van der Waals surface area contributed by atoms with Gasteiger partial charge in [0.25, 0.3) is 0 Å². The Morgan fingerprint density at radius 2 is 1.89 bits per heavy atom. The molecule has 0 bridgehead atoms. The lowest BCUT2D eigenvalue weighted by atomic mass is 9.74. The molecule has 2 aliphatic rings. The summed E-state index contributed by atoms with van der Waals surface area (Å²) in [6.45, 7) is 3.59. The highest BCUT2D eigenvalue weighted by molar-refractivity contribution is 5.37. The fourth-order valence-electron chi connectivity index (χ4n) is 3.54. The first-order valence-electron chi connectivity index (χ1n) is 7.64. The number of hydrogen-bond donors (Lipinski definition) is 1. The summed E-state index contributed by atoms with van der Waals surface area (Å²) < 4.78 is 0. The molecule has 1 aliphatic heterocycles. The second-order valence-corrected chi connectivity index (χ2v) is 6.28. The number of nitrogens with one attached hydrogen (secondary N) is 1. The van der Waals surface area contributed by atoms with Crippen LogP contribution in [0.15, 0.2) is 24.3 Å². The van der Waals surface area contributed by atoms with Gasteiger partial charge in [0.1, 0.15) is 0 Å². The van der Waals surface area contributed by atoms with E-state index in [9.17, 15) is 0 Å². The number of benzene rings is 1. The first-order chi connectivity index (χ1) is 8.80. The third-order valence-corrected chi connectivity index (χ3v) is 4.97. The Kier molecular flexibility index (Phi) is 3.43. The van der Waals surface area contributed by atoms with E-state index in [-0.39, 0.29) is 5.54 Å². The fourth-order valence-corrected chi connectivity index (χ4v) is 3.54. The topological polar surface area (TPSA) is 12.0 Å². The maximum atomic E-state index is 3.82. The van der Waals surface area contributed by atoms with Crippen LogP contribution in [-0.4, -0.2) is 6.54 Å². The van der Waals surface area contributed by atoms with Crippen molar-refractivity contribution in [3.63, 3.8) is 0 Å². The molecule has 0 spiro atoms. The van der Waals surface area contributed by atoms with E-state index in [1.54, 1.807) is 11.1 Å². The Morgan fingerprint density at radius 1 is 1.06 bits per heavy atom. The van der Waals surface area contributed by atoms with Crippen LogP contribution in [0.5, 0.6) is 0 Å². The summed E-state index contributed by atoms with van der Waals surface area (Å²) in [5, 5.41) is 3.82. The lowest BCUT2D eigenvalue weighted by molar-refractivity contribution is 0.343. The molecule has 1 aromatic rings. The molecule has 0 radical (unpaired) electrons. The number of hydrogen-bond acceptors (Lipinski definition) is 1. The molecule has 1 nitrogen and oxygen atoms in total. The summed E-state index contributed by atoms with van der Waals surface area (Å²) in [7, 11) is 0. The lowest BCUT2D eigenvalue weighted by Gasteiger charge is -2.36. The van der Waals surface area contributed by atoms with E-state index < -0.39 is 0 Å². The molecular formula is C17H25N. The quantitative estimate of drug-likeness (QED) is 0.815. The summed E-state index contributed by atoms with van der Waals surface area (Å²) in [5.74, 6) is 0.836. The van der Waals surface area contributed by atoms with Gasteiger partial charge in [-0.15, -0.1) is 0 Å². The van der Waals surface area contributed by atoms with Gasteiger partial charge in [0.05, 0.1) is 0 Å². The molecule has 18 heavy (non-hydrogen) atoms. The van der Waals surface area contributed by atoms with Gasteiger partial charge in [-0.2, -0.15) is 0 Å². The van der Waals surface area contributed by atoms with Crippen molar-refractivity contribution in [2.75, 3.05) is 6.54 Å². The van der Waals surface area contributed by atoms with E-state index in [1.807, 2.05) is 0 Å². The highest BCUT2D eigenvalue weighted by atomic mass is 15.0. The Morgan fingerprint density at radius 3 is 2.67 bits per heavy atom. The van der Waals surface area contributed by atoms with Gasteiger partial charge in [0.15, 0.2) is 0 Å². The molecule has 2 fully saturated rings. The molecular weight excluding hydrogens is 218 g/mol. The Hall–Kier alpha value is -0.820. The van der Waals surface area contributed by atoms with Crippen LogP contribution in [0.3, 0.4) is 0 Å². The van der Waals surface area contributed by atoms with Crippen molar-refractivity contribution in [1.82, 2.24) is 5.32 Å². The average Bonchev–Trinajstić information content (AvgIpc) is 2.53. The SMILES string of the molecule is CC1(c2ccccc2C2CCC2)CCCCCN1. The van der Waals surface area contributed by atoms with Gasteiger partial charge in [-0.05, 0) is 56.2 Å².